The third-order valence-corrected chi connectivity index (χ3v) is 6.92. The van der Waals surface area contributed by atoms with Crippen molar-refractivity contribution in [3.05, 3.63) is 24.3 Å². The largest absolute Gasteiger partial charge is 0.461 e. The molecule has 1 rings (SSSR count). The second-order valence-electron chi connectivity index (χ2n) is 9.79. The van der Waals surface area contributed by atoms with Crippen molar-refractivity contribution >= 4 is 11.9 Å². The Bertz CT molecular complexity index is 615. The van der Waals surface area contributed by atoms with Crippen LogP contribution in [0.3, 0.4) is 0 Å². The van der Waals surface area contributed by atoms with Gasteiger partial charge < -0.3 is 14.8 Å². The fraction of sp³-hybridized carbons (Fsp3) is 0.793. The molecule has 5 unspecified atom stereocenters. The van der Waals surface area contributed by atoms with E-state index in [2.05, 4.69) is 57.3 Å². The Morgan fingerprint density at radius 3 is 2.38 bits per heavy atom. The van der Waals surface area contributed by atoms with E-state index in [1.165, 1.54) is 32.1 Å². The summed E-state index contributed by atoms with van der Waals surface area (Å²) in [6, 6.07) is -0.323. The molecule has 1 aliphatic rings. The maximum Gasteiger partial charge on any atom is 0.323 e. The highest BCUT2D eigenvalue weighted by Gasteiger charge is 2.43. The molecular formula is C29H51NO4. The fourth-order valence-electron chi connectivity index (χ4n) is 4.41. The van der Waals surface area contributed by atoms with Gasteiger partial charge in [-0.2, -0.15) is 0 Å². The molecule has 0 aromatic heterocycles. The first-order chi connectivity index (χ1) is 16.5. The molecule has 5 heteroatoms. The number of cyclic esters (lactones) is 1. The molecule has 0 aromatic rings. The number of ether oxygens (including phenoxy) is 2. The number of allylic oxidation sites excluding steroid dienone is 3. The first kappa shape index (κ1) is 30.4. The standard InChI is InChI=1S/C29H51NO4/c1-6-9-11-13-14-15-16-17-18-20-24(33-29(32)27(30-5)23(4)8-3)22-26-25(28(31)34-26)21-19-12-10-7-2/h14-15,17-18,23-27,30H,6-13,16,19-22H2,1-5H3/b15-14+,18-17+. The number of nitrogens with one attached hydrogen (secondary N) is 1. The molecule has 0 aromatic carbocycles. The average molecular weight is 478 g/mol. The Balaban J connectivity index is 2.67. The molecule has 1 saturated heterocycles. The van der Waals surface area contributed by atoms with Gasteiger partial charge in [0.15, 0.2) is 0 Å². The van der Waals surface area contributed by atoms with E-state index in [9.17, 15) is 9.59 Å². The predicted octanol–water partition coefficient (Wildman–Crippen LogP) is 6.91. The van der Waals surface area contributed by atoms with Crippen molar-refractivity contribution in [1.82, 2.24) is 5.32 Å². The van der Waals surface area contributed by atoms with Gasteiger partial charge in [0, 0.05) is 12.8 Å². The van der Waals surface area contributed by atoms with Crippen molar-refractivity contribution in [3.63, 3.8) is 0 Å². The predicted molar refractivity (Wildman–Crippen MR) is 141 cm³/mol. The van der Waals surface area contributed by atoms with E-state index in [0.29, 0.717) is 12.8 Å². The van der Waals surface area contributed by atoms with Crippen LogP contribution >= 0.6 is 0 Å². The minimum atomic E-state index is -0.323. The monoisotopic (exact) mass is 477 g/mol. The number of hydrogen-bond acceptors (Lipinski definition) is 5. The van der Waals surface area contributed by atoms with E-state index >= 15 is 0 Å². The summed E-state index contributed by atoms with van der Waals surface area (Å²) in [5.74, 6) is -0.165. The van der Waals surface area contributed by atoms with Crippen LogP contribution in [0, 0.1) is 11.8 Å². The molecule has 0 radical (unpaired) electrons. The van der Waals surface area contributed by atoms with Gasteiger partial charge in [0.1, 0.15) is 18.2 Å². The lowest BCUT2D eigenvalue weighted by atomic mass is 9.87. The van der Waals surface area contributed by atoms with Crippen molar-refractivity contribution in [1.29, 1.82) is 0 Å². The van der Waals surface area contributed by atoms with E-state index in [0.717, 1.165) is 38.5 Å². The summed E-state index contributed by atoms with van der Waals surface area (Å²) in [5, 5.41) is 3.11. The maximum atomic E-state index is 12.9. The van der Waals surface area contributed by atoms with E-state index in [4.69, 9.17) is 9.47 Å². The number of carbonyl (C=O) groups is 2. The van der Waals surface area contributed by atoms with E-state index in [-0.39, 0.29) is 42.0 Å². The van der Waals surface area contributed by atoms with E-state index < -0.39 is 0 Å². The van der Waals surface area contributed by atoms with Crippen LogP contribution in [-0.2, 0) is 19.1 Å². The van der Waals surface area contributed by atoms with Crippen molar-refractivity contribution in [2.75, 3.05) is 7.05 Å². The SMILES string of the molecule is CCCCC/C=C/C/C=C/CC(CC1OC(=O)C1CCCCCC)OC(=O)C(NC)C(C)CC. The van der Waals surface area contributed by atoms with Crippen LogP contribution < -0.4 is 5.32 Å². The number of rotatable bonds is 20. The van der Waals surface area contributed by atoms with Gasteiger partial charge in [0.2, 0.25) is 0 Å². The lowest BCUT2D eigenvalue weighted by molar-refractivity contribution is -0.190. The fourth-order valence-corrected chi connectivity index (χ4v) is 4.41. The molecule has 1 heterocycles. The lowest BCUT2D eigenvalue weighted by Gasteiger charge is -2.37. The molecule has 1 fully saturated rings. The molecule has 5 atom stereocenters. The summed E-state index contributed by atoms with van der Waals surface area (Å²) in [5.41, 5.74) is 0. The summed E-state index contributed by atoms with van der Waals surface area (Å²) in [7, 11) is 1.81. The van der Waals surface area contributed by atoms with Gasteiger partial charge in [-0.15, -0.1) is 0 Å². The molecule has 34 heavy (non-hydrogen) atoms. The van der Waals surface area contributed by atoms with Gasteiger partial charge in [-0.1, -0.05) is 96.9 Å². The minimum Gasteiger partial charge on any atom is -0.461 e. The molecule has 0 spiro atoms. The van der Waals surface area contributed by atoms with E-state index in [1.807, 2.05) is 0 Å². The lowest BCUT2D eigenvalue weighted by Crippen LogP contribution is -2.48. The van der Waals surface area contributed by atoms with Crippen LogP contribution in [0.2, 0.25) is 0 Å². The Morgan fingerprint density at radius 1 is 1.03 bits per heavy atom. The zero-order chi connectivity index (χ0) is 25.2. The number of hydrogen-bond donors (Lipinski definition) is 1. The van der Waals surface area contributed by atoms with Crippen molar-refractivity contribution < 1.29 is 19.1 Å². The normalized spacial score (nSPS) is 20.8. The van der Waals surface area contributed by atoms with Gasteiger partial charge in [-0.25, -0.2) is 0 Å². The van der Waals surface area contributed by atoms with Crippen LogP contribution in [0.5, 0.6) is 0 Å². The Hall–Kier alpha value is -1.62. The molecule has 1 aliphatic heterocycles. The summed E-state index contributed by atoms with van der Waals surface area (Å²) < 4.78 is 11.5. The molecule has 196 valence electrons. The molecule has 0 bridgehead atoms. The summed E-state index contributed by atoms with van der Waals surface area (Å²) in [6.45, 7) is 8.54. The van der Waals surface area contributed by atoms with Gasteiger partial charge in [0.25, 0.3) is 0 Å². The Kier molecular flexibility index (Phi) is 16.7. The van der Waals surface area contributed by atoms with Crippen LogP contribution in [-0.4, -0.2) is 37.2 Å². The topological polar surface area (TPSA) is 64.6 Å². The molecular weight excluding hydrogens is 426 g/mol. The van der Waals surface area contributed by atoms with Crippen LogP contribution in [0.1, 0.15) is 111 Å². The molecule has 0 aliphatic carbocycles. The van der Waals surface area contributed by atoms with Crippen LogP contribution in [0.15, 0.2) is 24.3 Å². The second-order valence-corrected chi connectivity index (χ2v) is 9.79. The number of likely N-dealkylation sites (N-methyl/N-ethyl adjacent to an activating group) is 1. The zero-order valence-electron chi connectivity index (χ0n) is 22.5. The summed E-state index contributed by atoms with van der Waals surface area (Å²) >= 11 is 0. The quantitative estimate of drug-likeness (QED) is 0.117. The first-order valence-corrected chi connectivity index (χ1v) is 13.9. The highest BCUT2D eigenvalue weighted by molar-refractivity contribution is 5.78. The second kappa shape index (κ2) is 18.7. The highest BCUT2D eigenvalue weighted by Crippen LogP contribution is 2.32. The third kappa shape index (κ3) is 11.7. The highest BCUT2D eigenvalue weighted by atomic mass is 16.6. The zero-order valence-corrected chi connectivity index (χ0v) is 22.5. The molecule has 0 saturated carbocycles. The number of esters is 2. The Morgan fingerprint density at radius 2 is 1.74 bits per heavy atom. The van der Waals surface area contributed by atoms with Crippen molar-refractivity contribution in [2.24, 2.45) is 11.8 Å². The van der Waals surface area contributed by atoms with Gasteiger partial charge >= 0.3 is 11.9 Å². The van der Waals surface area contributed by atoms with Gasteiger partial charge in [-0.05, 0) is 38.6 Å². The minimum absolute atomic E-state index is 0.0530. The average Bonchev–Trinajstić information content (AvgIpc) is 2.82. The number of unbranched alkanes of at least 4 members (excludes halogenated alkanes) is 6. The van der Waals surface area contributed by atoms with Crippen LogP contribution in [0.25, 0.3) is 0 Å². The van der Waals surface area contributed by atoms with Gasteiger partial charge in [0.05, 0.1) is 5.92 Å². The maximum absolute atomic E-state index is 12.9. The molecule has 1 N–H and O–H groups in total. The molecule has 0 amide bonds. The Labute approximate surface area is 209 Å². The summed E-state index contributed by atoms with van der Waals surface area (Å²) in [4.78, 5) is 25.0. The number of carbonyl (C=O) groups excluding carboxylic acids is 2. The molecule has 5 nitrogen and oxygen atoms in total. The first-order valence-electron chi connectivity index (χ1n) is 13.9. The smallest absolute Gasteiger partial charge is 0.323 e. The van der Waals surface area contributed by atoms with Crippen LogP contribution in [0.4, 0.5) is 0 Å². The third-order valence-electron chi connectivity index (χ3n) is 6.92. The summed E-state index contributed by atoms with van der Waals surface area (Å²) in [6.07, 6.45) is 21.6. The van der Waals surface area contributed by atoms with Crippen molar-refractivity contribution in [3.8, 4) is 0 Å². The van der Waals surface area contributed by atoms with Crippen molar-refractivity contribution in [2.45, 2.75) is 129 Å². The van der Waals surface area contributed by atoms with E-state index in [1.54, 1.807) is 7.05 Å². The van der Waals surface area contributed by atoms with Gasteiger partial charge in [-0.3, -0.25) is 9.59 Å².